The first-order chi connectivity index (χ1) is 9.24. The zero-order chi connectivity index (χ0) is 14.1. The molecule has 0 fully saturated rings. The van der Waals surface area contributed by atoms with E-state index in [-0.39, 0.29) is 74.2 Å². The smallest absolute Gasteiger partial charge is 1.00 e. The molecule has 2 aromatic rings. The number of benzene rings is 1. The second kappa shape index (κ2) is 17.2. The minimum Gasteiger partial charge on any atom is -1.00 e. The van der Waals surface area contributed by atoms with Crippen molar-refractivity contribution >= 4 is 20.3 Å². The van der Waals surface area contributed by atoms with Gasteiger partial charge in [-0.15, -0.1) is 40.6 Å². The molecule has 121 valence electrons. The third-order valence-electron chi connectivity index (χ3n) is 3.48. The van der Waals surface area contributed by atoms with Crippen molar-refractivity contribution in [1.82, 2.24) is 0 Å². The number of fused-ring (bicyclic) bond motifs is 1. The molecule has 0 nitrogen and oxygen atoms in total. The Hall–Kier alpha value is 1.39. The van der Waals surface area contributed by atoms with Crippen LogP contribution in [-0.4, -0.2) is 9.52 Å². The molecule has 0 spiro atoms. The first-order valence-corrected chi connectivity index (χ1v) is 9.00. The second-order valence-electron chi connectivity index (χ2n) is 4.94. The van der Waals surface area contributed by atoms with Gasteiger partial charge in [-0.3, -0.25) is 0 Å². The normalized spacial score (nSPS) is 8.91. The monoisotopic (exact) mass is 615 g/mol. The molecular formula is C18H27I2SiZr. The summed E-state index contributed by atoms with van der Waals surface area (Å²) >= 11 is 0. The molecule has 0 aromatic heterocycles. The average molecular weight is 617 g/mol. The van der Waals surface area contributed by atoms with Gasteiger partial charge in [-0.05, 0) is 6.42 Å². The maximum absolute atomic E-state index is 2.35. The minimum absolute atomic E-state index is 0. The molecule has 0 saturated carbocycles. The van der Waals surface area contributed by atoms with Crippen molar-refractivity contribution in [2.24, 2.45) is 0 Å². The van der Waals surface area contributed by atoms with E-state index in [0.717, 1.165) is 0 Å². The van der Waals surface area contributed by atoms with Crippen LogP contribution in [0.4, 0.5) is 0 Å². The molecule has 0 N–H and O–H groups in total. The maximum Gasteiger partial charge on any atom is 3.00 e. The van der Waals surface area contributed by atoms with Gasteiger partial charge in [-0.25, -0.2) is 0 Å². The van der Waals surface area contributed by atoms with Crippen LogP contribution in [0.5, 0.6) is 0 Å². The third kappa shape index (κ3) is 9.63. The van der Waals surface area contributed by atoms with Crippen molar-refractivity contribution in [3.63, 3.8) is 0 Å². The summed E-state index contributed by atoms with van der Waals surface area (Å²) in [6.07, 6.45) is 3.81. The van der Waals surface area contributed by atoms with Crippen LogP contribution in [0.15, 0.2) is 30.3 Å². The Kier molecular flexibility index (Phi) is 22.1. The first-order valence-electron chi connectivity index (χ1n) is 7.59. The number of halogens is 2. The van der Waals surface area contributed by atoms with E-state index in [2.05, 4.69) is 58.0 Å². The molecule has 0 aliphatic heterocycles. The van der Waals surface area contributed by atoms with Crippen LogP contribution < -0.4 is 48.0 Å². The van der Waals surface area contributed by atoms with E-state index in [1.807, 2.05) is 0 Å². The molecule has 0 aliphatic carbocycles. The van der Waals surface area contributed by atoms with E-state index < -0.39 is 0 Å². The van der Waals surface area contributed by atoms with Gasteiger partial charge in [-0.2, -0.15) is 5.56 Å². The van der Waals surface area contributed by atoms with Gasteiger partial charge in [0.1, 0.15) is 0 Å². The van der Waals surface area contributed by atoms with Crippen molar-refractivity contribution in [3.05, 3.63) is 41.5 Å². The van der Waals surface area contributed by atoms with E-state index in [1.54, 1.807) is 0 Å². The molecule has 0 aliphatic rings. The van der Waals surface area contributed by atoms with Crippen LogP contribution >= 0.6 is 0 Å². The van der Waals surface area contributed by atoms with E-state index >= 15 is 0 Å². The summed E-state index contributed by atoms with van der Waals surface area (Å²) in [5, 5.41) is 2.83. The molecule has 0 unspecified atom stereocenters. The van der Waals surface area contributed by atoms with Gasteiger partial charge in [-0.1, -0.05) is 58.7 Å². The average Bonchev–Trinajstić information content (AvgIpc) is 2.75. The maximum atomic E-state index is 2.35. The van der Waals surface area contributed by atoms with Gasteiger partial charge >= 0.3 is 26.2 Å². The molecule has 0 bridgehead atoms. The Morgan fingerprint density at radius 1 is 1.00 bits per heavy atom. The second-order valence-corrected chi connectivity index (χ2v) is 6.86. The van der Waals surface area contributed by atoms with Gasteiger partial charge in [0.2, 0.25) is 0 Å². The Balaban J connectivity index is -0.000000401. The fourth-order valence-corrected chi connectivity index (χ4v) is 2.81. The van der Waals surface area contributed by atoms with Crippen LogP contribution in [-0.2, 0) is 32.6 Å². The summed E-state index contributed by atoms with van der Waals surface area (Å²) in [5.41, 5.74) is 3.02. The molecule has 4 heteroatoms. The van der Waals surface area contributed by atoms with E-state index in [1.165, 1.54) is 62.8 Å². The number of aryl methyl sites for hydroxylation is 2. The SMILES string of the molecule is CCCCc1[cH-]c2ccccc2c1C.CC[Si]CC.[I-].[I-].[Zr+3]. The Bertz CT molecular complexity index is 481. The predicted octanol–water partition coefficient (Wildman–Crippen LogP) is -0.218. The van der Waals surface area contributed by atoms with Gasteiger partial charge in [0, 0.05) is 9.52 Å². The van der Waals surface area contributed by atoms with Crippen LogP contribution in [0, 0.1) is 6.92 Å². The van der Waals surface area contributed by atoms with Crippen LogP contribution in [0.2, 0.25) is 12.1 Å². The Labute approximate surface area is 193 Å². The predicted molar refractivity (Wildman–Crippen MR) is 89.6 cm³/mol. The zero-order valence-electron chi connectivity index (χ0n) is 14.2. The summed E-state index contributed by atoms with van der Waals surface area (Å²) in [7, 11) is 1.20. The van der Waals surface area contributed by atoms with E-state index in [0.29, 0.717) is 0 Å². The molecule has 22 heavy (non-hydrogen) atoms. The molecular weight excluding hydrogens is 589 g/mol. The molecule has 2 rings (SSSR count). The van der Waals surface area contributed by atoms with Crippen molar-refractivity contribution < 1.29 is 74.2 Å². The Morgan fingerprint density at radius 3 is 2.05 bits per heavy atom. The number of hydrogen-bond acceptors (Lipinski definition) is 0. The molecule has 0 amide bonds. The minimum atomic E-state index is 0. The van der Waals surface area contributed by atoms with Crippen molar-refractivity contribution in [2.75, 3.05) is 0 Å². The molecule has 0 heterocycles. The molecule has 3 radical (unpaired) electrons. The van der Waals surface area contributed by atoms with Gasteiger partial charge in [0.15, 0.2) is 0 Å². The van der Waals surface area contributed by atoms with E-state index in [4.69, 9.17) is 0 Å². The van der Waals surface area contributed by atoms with Crippen LogP contribution in [0.1, 0.15) is 44.7 Å². The fourth-order valence-electron chi connectivity index (χ4n) is 2.31. The summed E-state index contributed by atoms with van der Waals surface area (Å²) in [5.74, 6) is 0. The fraction of sp³-hybridized carbons (Fsp3) is 0.500. The molecule has 0 atom stereocenters. The largest absolute Gasteiger partial charge is 3.00 e. The van der Waals surface area contributed by atoms with Gasteiger partial charge in [0.05, 0.1) is 0 Å². The third-order valence-corrected chi connectivity index (χ3v) is 4.48. The van der Waals surface area contributed by atoms with Crippen molar-refractivity contribution in [1.29, 1.82) is 0 Å². The number of rotatable bonds is 5. The molecule has 0 saturated heterocycles. The first kappa shape index (κ1) is 28.2. The van der Waals surface area contributed by atoms with Crippen molar-refractivity contribution in [2.45, 2.75) is 59.0 Å². The standard InChI is InChI=1S/C14H17.C4H10Si.2HI.Zr/c1-3-4-7-12-10-13-8-5-6-9-14(13)11(12)2;1-3-5-4-2;;;/h5-6,8-10H,3-4,7H2,1-2H3;3-4H2,1-2H3;2*1H;/q-1;;;;+3/p-2. The summed E-state index contributed by atoms with van der Waals surface area (Å²) < 4.78 is 0. The quantitative estimate of drug-likeness (QED) is 0.248. The van der Waals surface area contributed by atoms with Crippen molar-refractivity contribution in [3.8, 4) is 0 Å². The van der Waals surface area contributed by atoms with Crippen LogP contribution in [0.3, 0.4) is 0 Å². The van der Waals surface area contributed by atoms with E-state index in [9.17, 15) is 0 Å². The summed E-state index contributed by atoms with van der Waals surface area (Å²) in [6.45, 7) is 8.94. The van der Waals surface area contributed by atoms with Gasteiger partial charge in [0.25, 0.3) is 0 Å². The van der Waals surface area contributed by atoms with Crippen LogP contribution in [0.25, 0.3) is 10.8 Å². The molecule has 2 aromatic carbocycles. The summed E-state index contributed by atoms with van der Waals surface area (Å²) in [4.78, 5) is 0. The van der Waals surface area contributed by atoms with Gasteiger partial charge < -0.3 is 48.0 Å². The zero-order valence-corrected chi connectivity index (χ0v) is 22.0. The number of hydrogen-bond donors (Lipinski definition) is 0. The number of unbranched alkanes of at least 4 members (excludes halogenated alkanes) is 1. The summed E-state index contributed by atoms with van der Waals surface area (Å²) in [6, 6.07) is 13.8. The Morgan fingerprint density at radius 2 is 1.59 bits per heavy atom. The topological polar surface area (TPSA) is 0 Å².